The van der Waals surface area contributed by atoms with Gasteiger partial charge in [0.2, 0.25) is 5.88 Å². The summed E-state index contributed by atoms with van der Waals surface area (Å²) in [5.74, 6) is -0.627. The topological polar surface area (TPSA) is 139 Å². The Kier molecular flexibility index (Phi) is 6.81. The van der Waals surface area contributed by atoms with Crippen molar-refractivity contribution in [1.82, 2.24) is 14.5 Å². The van der Waals surface area contributed by atoms with Gasteiger partial charge in [-0.1, -0.05) is 18.2 Å². The van der Waals surface area contributed by atoms with Gasteiger partial charge in [0.25, 0.3) is 5.56 Å². The molecule has 0 bridgehead atoms. The summed E-state index contributed by atoms with van der Waals surface area (Å²) in [5, 5.41) is 11.7. The molecule has 0 aliphatic carbocycles. The van der Waals surface area contributed by atoms with Gasteiger partial charge in [-0.15, -0.1) is 0 Å². The number of nitrogens with one attached hydrogen (secondary N) is 2. The van der Waals surface area contributed by atoms with Crippen LogP contribution in [0.15, 0.2) is 69.3 Å². The van der Waals surface area contributed by atoms with Crippen LogP contribution in [0.5, 0.6) is 11.6 Å². The maximum absolute atomic E-state index is 12.5. The van der Waals surface area contributed by atoms with Gasteiger partial charge < -0.3 is 19.6 Å². The molecule has 0 fully saturated rings. The third kappa shape index (κ3) is 4.86. The van der Waals surface area contributed by atoms with Gasteiger partial charge in [0.05, 0.1) is 19.4 Å². The summed E-state index contributed by atoms with van der Waals surface area (Å²) in [6.45, 7) is 2.32. The highest BCUT2D eigenvalue weighted by Crippen LogP contribution is 2.21. The van der Waals surface area contributed by atoms with E-state index >= 15 is 0 Å². The van der Waals surface area contributed by atoms with Gasteiger partial charge >= 0.3 is 11.7 Å². The molecular weight excluding hydrogens is 452 g/mol. The Labute approximate surface area is 199 Å². The van der Waals surface area contributed by atoms with Gasteiger partial charge in [-0.25, -0.2) is 14.2 Å². The van der Waals surface area contributed by atoms with E-state index in [1.165, 1.54) is 7.11 Å². The fraction of sp³-hybridized carbons (Fsp3) is 0.200. The number of aromatic amines is 2. The molecule has 0 saturated heterocycles. The molecule has 35 heavy (non-hydrogen) atoms. The molecule has 0 radical (unpaired) electrons. The first-order valence-corrected chi connectivity index (χ1v) is 10.9. The van der Waals surface area contributed by atoms with E-state index in [0.717, 1.165) is 27.2 Å². The lowest BCUT2D eigenvalue weighted by molar-refractivity contribution is -0.142. The number of fused-ring (bicyclic) bond motifs is 1. The summed E-state index contributed by atoms with van der Waals surface area (Å²) < 4.78 is 11.2. The third-order valence-electron chi connectivity index (χ3n) is 5.47. The molecule has 2 aromatic heterocycles. The van der Waals surface area contributed by atoms with Gasteiger partial charge in [-0.3, -0.25) is 14.8 Å². The number of benzene rings is 2. The molecule has 10 nitrogen and oxygen atoms in total. The number of hydrogen-bond donors (Lipinski definition) is 3. The molecule has 2 heterocycles. The quantitative estimate of drug-likeness (QED) is 0.263. The van der Waals surface area contributed by atoms with Crippen molar-refractivity contribution in [3.05, 3.63) is 86.7 Å². The van der Waals surface area contributed by atoms with Crippen molar-refractivity contribution in [2.75, 3.05) is 13.7 Å². The summed E-state index contributed by atoms with van der Waals surface area (Å²) in [6, 6.07) is 13.0. The number of methoxy groups -OCH3 is 1. The molecule has 180 valence electrons. The Morgan fingerprint density at radius 1 is 1.17 bits per heavy atom. The molecular formula is C25H24N4O6. The van der Waals surface area contributed by atoms with E-state index in [0.29, 0.717) is 18.0 Å². The molecule has 2 aromatic carbocycles. The molecule has 4 aromatic rings. The zero-order valence-electron chi connectivity index (χ0n) is 19.1. The van der Waals surface area contributed by atoms with Gasteiger partial charge in [0, 0.05) is 29.7 Å². The van der Waals surface area contributed by atoms with Crippen molar-refractivity contribution in [3.8, 4) is 17.3 Å². The van der Waals surface area contributed by atoms with Crippen LogP contribution in [0.1, 0.15) is 18.1 Å². The average Bonchev–Trinajstić information content (AvgIpc) is 3.26. The highest BCUT2D eigenvalue weighted by Gasteiger charge is 2.21. The second-order valence-corrected chi connectivity index (χ2v) is 7.64. The zero-order chi connectivity index (χ0) is 24.9. The number of carbonyl (C=O) groups excluding carboxylic acids is 1. The molecule has 0 amide bonds. The van der Waals surface area contributed by atoms with Crippen molar-refractivity contribution in [2.24, 2.45) is 4.99 Å². The van der Waals surface area contributed by atoms with Crippen LogP contribution in [0.3, 0.4) is 0 Å². The number of carbonyl (C=O) groups is 1. The summed E-state index contributed by atoms with van der Waals surface area (Å²) in [5.41, 5.74) is 0.125. The Bertz CT molecular complexity index is 1500. The Morgan fingerprint density at radius 3 is 2.63 bits per heavy atom. The molecule has 0 spiro atoms. The first-order valence-electron chi connectivity index (χ1n) is 10.9. The molecule has 0 saturated carbocycles. The largest absolute Gasteiger partial charge is 0.494 e. The number of esters is 1. The van der Waals surface area contributed by atoms with E-state index < -0.39 is 29.1 Å². The molecule has 0 aliphatic heterocycles. The van der Waals surface area contributed by atoms with E-state index in [4.69, 9.17) is 9.47 Å². The Balaban J connectivity index is 1.70. The van der Waals surface area contributed by atoms with E-state index in [2.05, 4.69) is 15.0 Å². The molecule has 1 atom stereocenters. The van der Waals surface area contributed by atoms with Crippen LogP contribution in [-0.2, 0) is 16.0 Å². The standard InChI is InChI=1S/C25H24N4O6/c1-3-35-17-10-8-16(9-11-17)29-23(31)19(22(30)28-25(29)33)14-27-21(24(32)34-2)12-15-13-26-20-7-5-4-6-18(15)20/h4-11,13-14,21,26,31H,3,12H2,1-2H3,(H,28,30,33)/t21-/m0/s1. The number of aliphatic imine (C=N–C) groups is 1. The predicted molar refractivity (Wildman–Crippen MR) is 131 cm³/mol. The third-order valence-corrected chi connectivity index (χ3v) is 5.47. The highest BCUT2D eigenvalue weighted by atomic mass is 16.5. The summed E-state index contributed by atoms with van der Waals surface area (Å²) in [6.07, 6.45) is 3.06. The zero-order valence-corrected chi connectivity index (χ0v) is 19.1. The van der Waals surface area contributed by atoms with E-state index in [1.54, 1.807) is 30.5 Å². The second kappa shape index (κ2) is 10.1. The number of ether oxygens (including phenoxy) is 2. The van der Waals surface area contributed by atoms with E-state index in [1.807, 2.05) is 31.2 Å². The molecule has 4 rings (SSSR count). The maximum Gasteiger partial charge on any atom is 0.335 e. The van der Waals surface area contributed by atoms with Crippen LogP contribution in [-0.4, -0.2) is 51.6 Å². The minimum Gasteiger partial charge on any atom is -0.494 e. The van der Waals surface area contributed by atoms with Crippen LogP contribution in [0.2, 0.25) is 0 Å². The molecule has 3 N–H and O–H groups in total. The summed E-state index contributed by atoms with van der Waals surface area (Å²) in [4.78, 5) is 46.9. The first-order chi connectivity index (χ1) is 16.9. The van der Waals surface area contributed by atoms with Crippen molar-refractivity contribution in [3.63, 3.8) is 0 Å². The van der Waals surface area contributed by atoms with Crippen molar-refractivity contribution >= 4 is 23.1 Å². The van der Waals surface area contributed by atoms with E-state index in [-0.39, 0.29) is 12.0 Å². The lowest BCUT2D eigenvalue weighted by Gasteiger charge is -2.12. The Hall–Kier alpha value is -4.60. The highest BCUT2D eigenvalue weighted by molar-refractivity contribution is 5.87. The monoisotopic (exact) mass is 476 g/mol. The fourth-order valence-corrected chi connectivity index (χ4v) is 3.76. The van der Waals surface area contributed by atoms with Crippen molar-refractivity contribution in [2.45, 2.75) is 19.4 Å². The predicted octanol–water partition coefficient (Wildman–Crippen LogP) is 2.31. The minimum atomic E-state index is -0.983. The number of hydrogen-bond acceptors (Lipinski definition) is 7. The SMILES string of the molecule is CCOc1ccc(-n2c(O)c(C=N[C@@H](Cc3c[nH]c4ccccc34)C(=O)OC)c(=O)[nH]c2=O)cc1. The van der Waals surface area contributed by atoms with Gasteiger partial charge in [0.1, 0.15) is 11.3 Å². The van der Waals surface area contributed by atoms with Gasteiger partial charge in [-0.05, 0) is 42.8 Å². The number of para-hydroxylation sites is 1. The maximum atomic E-state index is 12.5. The van der Waals surface area contributed by atoms with Crippen LogP contribution in [0.4, 0.5) is 0 Å². The number of aromatic hydroxyl groups is 1. The normalized spacial score (nSPS) is 12.2. The smallest absolute Gasteiger partial charge is 0.335 e. The summed E-state index contributed by atoms with van der Waals surface area (Å²) in [7, 11) is 1.25. The molecule has 0 unspecified atom stereocenters. The van der Waals surface area contributed by atoms with Crippen molar-refractivity contribution in [1.29, 1.82) is 0 Å². The lowest BCUT2D eigenvalue weighted by atomic mass is 10.1. The van der Waals surface area contributed by atoms with Crippen LogP contribution >= 0.6 is 0 Å². The lowest BCUT2D eigenvalue weighted by Crippen LogP contribution is -2.31. The number of nitrogens with zero attached hydrogens (tertiary/aromatic N) is 2. The van der Waals surface area contributed by atoms with E-state index in [9.17, 15) is 19.5 Å². The second-order valence-electron chi connectivity index (χ2n) is 7.64. The van der Waals surface area contributed by atoms with Gasteiger partial charge in [0.15, 0.2) is 6.04 Å². The van der Waals surface area contributed by atoms with Crippen LogP contribution < -0.4 is 16.0 Å². The summed E-state index contributed by atoms with van der Waals surface area (Å²) >= 11 is 0. The number of H-pyrrole nitrogens is 2. The molecule has 0 aliphatic rings. The van der Waals surface area contributed by atoms with Crippen molar-refractivity contribution < 1.29 is 19.4 Å². The van der Waals surface area contributed by atoms with Gasteiger partial charge in [-0.2, -0.15) is 0 Å². The number of aromatic nitrogens is 3. The molecule has 10 heteroatoms. The minimum absolute atomic E-state index is 0.199. The van der Waals surface area contributed by atoms with Crippen LogP contribution in [0, 0.1) is 0 Å². The average molecular weight is 476 g/mol. The van der Waals surface area contributed by atoms with Crippen LogP contribution in [0.25, 0.3) is 16.6 Å². The fourth-order valence-electron chi connectivity index (χ4n) is 3.76. The first kappa shape index (κ1) is 23.6. The number of rotatable bonds is 8. The Morgan fingerprint density at radius 2 is 1.91 bits per heavy atom.